The Balaban J connectivity index is 1.53. The smallest absolute Gasteiger partial charge is 0.127 e. The van der Waals surface area contributed by atoms with Gasteiger partial charge in [0, 0.05) is 30.0 Å². The third-order valence-electron chi connectivity index (χ3n) is 7.98. The number of aliphatic hydroxyl groups is 1. The summed E-state index contributed by atoms with van der Waals surface area (Å²) in [7, 11) is 1.68. The van der Waals surface area contributed by atoms with Crippen LogP contribution < -0.4 is 14.2 Å². The zero-order valence-corrected chi connectivity index (χ0v) is 24.9. The first-order valence-electron chi connectivity index (χ1n) is 14.9. The fourth-order valence-corrected chi connectivity index (χ4v) is 5.91. The zero-order valence-electron chi connectivity index (χ0n) is 24.9. The van der Waals surface area contributed by atoms with Crippen LogP contribution in [0.25, 0.3) is 0 Å². The molecule has 1 aliphatic heterocycles. The van der Waals surface area contributed by atoms with Gasteiger partial charge in [0.1, 0.15) is 35.6 Å². The monoisotopic (exact) mass is 545 g/mol. The predicted octanol–water partition coefficient (Wildman–Crippen LogP) is 7.42. The Bertz CT molecular complexity index is 1170. The Labute approximate surface area is 241 Å². The molecule has 40 heavy (non-hydrogen) atoms. The van der Waals surface area contributed by atoms with Gasteiger partial charge in [0.25, 0.3) is 0 Å². The van der Waals surface area contributed by atoms with Gasteiger partial charge in [-0.25, -0.2) is 0 Å². The molecule has 0 aliphatic carbocycles. The average molecular weight is 546 g/mol. The number of unbranched alkanes of at least 4 members (excludes halogenated alkanes) is 2. The molecule has 3 aromatic carbocycles. The summed E-state index contributed by atoms with van der Waals surface area (Å²) < 4.78 is 18.2. The summed E-state index contributed by atoms with van der Waals surface area (Å²) in [5.74, 6) is 2.63. The van der Waals surface area contributed by atoms with Gasteiger partial charge in [-0.2, -0.15) is 0 Å². The lowest BCUT2D eigenvalue weighted by Crippen LogP contribution is -2.43. The maximum Gasteiger partial charge on any atom is 0.127 e. The second-order valence-corrected chi connectivity index (χ2v) is 11.5. The molecule has 5 heteroatoms. The Morgan fingerprint density at radius 1 is 0.875 bits per heavy atom. The van der Waals surface area contributed by atoms with Crippen LogP contribution in [0.3, 0.4) is 0 Å². The van der Waals surface area contributed by atoms with E-state index in [1.807, 2.05) is 24.3 Å². The van der Waals surface area contributed by atoms with Gasteiger partial charge in [-0.1, -0.05) is 75.2 Å². The summed E-state index contributed by atoms with van der Waals surface area (Å²) in [4.78, 5) is 2.37. The van der Waals surface area contributed by atoms with E-state index in [1.165, 1.54) is 11.1 Å². The molecular weight excluding hydrogens is 498 g/mol. The van der Waals surface area contributed by atoms with Gasteiger partial charge >= 0.3 is 0 Å². The summed E-state index contributed by atoms with van der Waals surface area (Å²) in [6.07, 6.45) is 4.11. The van der Waals surface area contributed by atoms with Crippen molar-refractivity contribution in [1.82, 2.24) is 4.90 Å². The van der Waals surface area contributed by atoms with Crippen molar-refractivity contribution in [1.29, 1.82) is 0 Å². The fraction of sp³-hybridized carbons (Fsp3) is 0.486. The van der Waals surface area contributed by atoms with Crippen molar-refractivity contribution in [2.24, 2.45) is 0 Å². The van der Waals surface area contributed by atoms with Crippen LogP contribution in [0, 0.1) is 0 Å². The lowest BCUT2D eigenvalue weighted by molar-refractivity contribution is 0.0527. The summed E-state index contributed by atoms with van der Waals surface area (Å²) in [5.41, 5.74) is 3.16. The minimum atomic E-state index is -0.519. The van der Waals surface area contributed by atoms with Gasteiger partial charge in [0.2, 0.25) is 0 Å². The standard InChI is InChI=1S/C35H47NO4/c1-6-8-21-36(22-9-7-2)24-28(37)25-39-29-17-15-26(16-18-29)33-31-20-19-30(38-5)23-32(31)40-35(3,4)34(33)27-13-11-10-12-14-27/h10-20,23,28,33-34,37H,6-9,21-22,24-25H2,1-5H3/t28-,33-,34+/m1/s1. The van der Waals surface area contributed by atoms with Crippen LogP contribution in [0.15, 0.2) is 72.8 Å². The molecule has 0 saturated heterocycles. The first-order valence-corrected chi connectivity index (χ1v) is 14.9. The molecule has 216 valence electrons. The Morgan fingerprint density at radius 2 is 1.52 bits per heavy atom. The number of methoxy groups -OCH3 is 1. The van der Waals surface area contributed by atoms with E-state index in [0.717, 1.165) is 61.6 Å². The first kappa shape index (κ1) is 30.0. The van der Waals surface area contributed by atoms with Crippen molar-refractivity contribution in [2.75, 3.05) is 33.4 Å². The average Bonchev–Trinajstić information content (AvgIpc) is 2.96. The van der Waals surface area contributed by atoms with Crippen LogP contribution in [0.5, 0.6) is 17.2 Å². The number of ether oxygens (including phenoxy) is 3. The van der Waals surface area contributed by atoms with Gasteiger partial charge in [-0.3, -0.25) is 0 Å². The van der Waals surface area contributed by atoms with E-state index < -0.39 is 11.7 Å². The number of aliphatic hydroxyl groups excluding tert-OH is 1. The highest BCUT2D eigenvalue weighted by Gasteiger charge is 2.45. The molecule has 4 rings (SSSR count). The maximum absolute atomic E-state index is 10.7. The number of rotatable bonds is 14. The number of benzene rings is 3. The molecule has 0 bridgehead atoms. The molecule has 0 unspecified atom stereocenters. The topological polar surface area (TPSA) is 51.2 Å². The molecule has 5 nitrogen and oxygen atoms in total. The number of hydrogen-bond donors (Lipinski definition) is 1. The van der Waals surface area contributed by atoms with Gasteiger partial charge < -0.3 is 24.2 Å². The van der Waals surface area contributed by atoms with E-state index in [1.54, 1.807) is 7.11 Å². The highest BCUT2D eigenvalue weighted by Crippen LogP contribution is 2.53. The first-order chi connectivity index (χ1) is 19.4. The van der Waals surface area contributed by atoms with Gasteiger partial charge in [-0.05, 0) is 69.1 Å². The van der Waals surface area contributed by atoms with E-state index in [4.69, 9.17) is 14.2 Å². The summed E-state index contributed by atoms with van der Waals surface area (Å²) >= 11 is 0. The molecule has 0 aromatic heterocycles. The lowest BCUT2D eigenvalue weighted by atomic mass is 9.68. The quantitative estimate of drug-likeness (QED) is 0.228. The van der Waals surface area contributed by atoms with Gasteiger partial charge in [0.15, 0.2) is 0 Å². The van der Waals surface area contributed by atoms with Crippen molar-refractivity contribution in [3.05, 3.63) is 89.5 Å². The molecule has 0 amide bonds. The van der Waals surface area contributed by atoms with Crippen LogP contribution in [0.2, 0.25) is 0 Å². The third kappa shape index (κ3) is 7.38. The zero-order chi connectivity index (χ0) is 28.5. The maximum atomic E-state index is 10.7. The highest BCUT2D eigenvalue weighted by atomic mass is 16.5. The van der Waals surface area contributed by atoms with Crippen molar-refractivity contribution in [3.8, 4) is 17.2 Å². The Hall–Kier alpha value is -3.02. The minimum Gasteiger partial charge on any atom is -0.497 e. The van der Waals surface area contributed by atoms with Crippen molar-refractivity contribution < 1.29 is 19.3 Å². The Morgan fingerprint density at radius 3 is 2.15 bits per heavy atom. The molecule has 0 radical (unpaired) electrons. The van der Waals surface area contributed by atoms with Crippen LogP contribution in [0.4, 0.5) is 0 Å². The van der Waals surface area contributed by atoms with Crippen LogP contribution in [-0.4, -0.2) is 55.1 Å². The summed E-state index contributed by atoms with van der Waals surface area (Å²) in [6.45, 7) is 11.7. The second kappa shape index (κ2) is 14.0. The largest absolute Gasteiger partial charge is 0.497 e. The highest BCUT2D eigenvalue weighted by molar-refractivity contribution is 5.52. The minimum absolute atomic E-state index is 0.0948. The molecule has 0 fully saturated rings. The molecule has 0 spiro atoms. The molecule has 1 N–H and O–H groups in total. The lowest BCUT2D eigenvalue weighted by Gasteiger charge is -2.45. The van der Waals surface area contributed by atoms with Crippen molar-refractivity contribution in [3.63, 3.8) is 0 Å². The fourth-order valence-electron chi connectivity index (χ4n) is 5.91. The second-order valence-electron chi connectivity index (χ2n) is 11.5. The van der Waals surface area contributed by atoms with Crippen LogP contribution in [-0.2, 0) is 0 Å². The molecular formula is C35H47NO4. The van der Waals surface area contributed by atoms with Crippen LogP contribution >= 0.6 is 0 Å². The number of fused-ring (bicyclic) bond motifs is 1. The van der Waals surface area contributed by atoms with E-state index >= 15 is 0 Å². The van der Waals surface area contributed by atoms with E-state index in [-0.39, 0.29) is 18.4 Å². The normalized spacial score (nSPS) is 18.6. The van der Waals surface area contributed by atoms with E-state index in [2.05, 4.69) is 81.1 Å². The predicted molar refractivity (Wildman–Crippen MR) is 163 cm³/mol. The number of hydrogen-bond acceptors (Lipinski definition) is 5. The Kier molecular flexibility index (Phi) is 10.5. The van der Waals surface area contributed by atoms with Gasteiger partial charge in [0.05, 0.1) is 7.11 Å². The van der Waals surface area contributed by atoms with Crippen LogP contribution in [0.1, 0.15) is 81.9 Å². The van der Waals surface area contributed by atoms with Gasteiger partial charge in [-0.15, -0.1) is 0 Å². The van der Waals surface area contributed by atoms with E-state index in [9.17, 15) is 5.11 Å². The molecule has 1 heterocycles. The summed E-state index contributed by atoms with van der Waals surface area (Å²) in [5, 5.41) is 10.7. The SMILES string of the molecule is CCCCN(CCCC)C[C@@H](O)COc1ccc([C@@H]2c3ccc(OC)cc3OC(C)(C)[C@H]2c2ccccc2)cc1. The van der Waals surface area contributed by atoms with E-state index in [0.29, 0.717) is 6.54 Å². The van der Waals surface area contributed by atoms with Crippen molar-refractivity contribution >= 4 is 0 Å². The third-order valence-corrected chi connectivity index (χ3v) is 7.98. The molecule has 0 saturated carbocycles. The molecule has 3 aromatic rings. The molecule has 1 aliphatic rings. The summed E-state index contributed by atoms with van der Waals surface area (Å²) in [6, 6.07) is 25.2. The molecule has 3 atom stereocenters. The number of nitrogens with zero attached hydrogens (tertiary/aromatic N) is 1. The van der Waals surface area contributed by atoms with Crippen molar-refractivity contribution in [2.45, 2.75) is 76.9 Å².